The van der Waals surface area contributed by atoms with Crippen molar-refractivity contribution in [1.29, 1.82) is 0 Å². The average molecular weight is 375 g/mol. The van der Waals surface area contributed by atoms with Gasteiger partial charge in [0.05, 0.1) is 0 Å². The van der Waals surface area contributed by atoms with Crippen LogP contribution in [0.15, 0.2) is 35.1 Å². The largest absolute Gasteiger partial charge is 0.516 e. The summed E-state index contributed by atoms with van der Waals surface area (Å²) in [6.07, 6.45) is 1.72. The van der Waals surface area contributed by atoms with Crippen LogP contribution in [0.1, 0.15) is 21.8 Å². The molecule has 2 aromatic rings. The first-order chi connectivity index (χ1) is 11.7. The zero-order valence-electron chi connectivity index (χ0n) is 12.6. The summed E-state index contributed by atoms with van der Waals surface area (Å²) < 4.78 is 65.7. The summed E-state index contributed by atoms with van der Waals surface area (Å²) in [5.74, 6) is 0.231. The van der Waals surface area contributed by atoms with Crippen molar-refractivity contribution in [1.82, 2.24) is 9.88 Å². The molecule has 0 saturated heterocycles. The third-order valence-electron chi connectivity index (χ3n) is 3.62. The first-order valence-electron chi connectivity index (χ1n) is 7.07. The summed E-state index contributed by atoms with van der Waals surface area (Å²) in [5.41, 5.74) is -4.72. The maximum atomic E-state index is 12.3. The third-order valence-corrected chi connectivity index (χ3v) is 4.74. The summed E-state index contributed by atoms with van der Waals surface area (Å²) in [6.45, 7) is 0.640. The number of sulfonamides is 1. The second kappa shape index (κ2) is 6.06. The van der Waals surface area contributed by atoms with Gasteiger partial charge in [0.1, 0.15) is 5.76 Å². The number of alkyl halides is 3. The molecule has 1 amide bonds. The molecule has 0 fully saturated rings. The van der Waals surface area contributed by atoms with Gasteiger partial charge in [-0.1, -0.05) is 12.1 Å². The zero-order valence-corrected chi connectivity index (χ0v) is 13.4. The molecule has 0 atom stereocenters. The number of amides is 1. The second-order valence-corrected chi connectivity index (χ2v) is 7.02. The molecule has 1 aliphatic rings. The molecule has 7 nitrogen and oxygen atoms in total. The standard InChI is InChI=1S/C14H12F3N3O4S/c15-14(16,17)25(22,23)19-10-3-1-9(2-4-10)7-20-6-5-11-12(13(20)21)18-8-24-11/h1-4,8,19H,5-7H2. The molecular formula is C14H12F3N3O4S. The van der Waals surface area contributed by atoms with Gasteiger partial charge in [0.2, 0.25) is 0 Å². The van der Waals surface area contributed by atoms with Gasteiger partial charge >= 0.3 is 15.5 Å². The van der Waals surface area contributed by atoms with E-state index < -0.39 is 15.5 Å². The van der Waals surface area contributed by atoms with E-state index in [9.17, 15) is 26.4 Å². The van der Waals surface area contributed by atoms with E-state index in [-0.39, 0.29) is 23.8 Å². The highest BCUT2D eigenvalue weighted by Gasteiger charge is 2.46. The van der Waals surface area contributed by atoms with Crippen LogP contribution < -0.4 is 4.72 Å². The van der Waals surface area contributed by atoms with Crippen molar-refractivity contribution < 1.29 is 30.8 Å². The topological polar surface area (TPSA) is 92.5 Å². The number of benzene rings is 1. The van der Waals surface area contributed by atoms with Crippen molar-refractivity contribution >= 4 is 21.6 Å². The molecule has 0 spiro atoms. The maximum absolute atomic E-state index is 12.3. The second-order valence-electron chi connectivity index (χ2n) is 5.35. The number of hydrogen-bond acceptors (Lipinski definition) is 5. The van der Waals surface area contributed by atoms with Gasteiger partial charge in [-0.05, 0) is 17.7 Å². The number of anilines is 1. The Hall–Kier alpha value is -2.56. The molecule has 11 heteroatoms. The van der Waals surface area contributed by atoms with Gasteiger partial charge in [0.25, 0.3) is 5.91 Å². The molecule has 2 heterocycles. The van der Waals surface area contributed by atoms with Gasteiger partial charge in [-0.2, -0.15) is 21.6 Å². The molecule has 0 unspecified atom stereocenters. The lowest BCUT2D eigenvalue weighted by atomic mass is 10.1. The Labute approximate surface area is 140 Å². The Morgan fingerprint density at radius 3 is 2.56 bits per heavy atom. The van der Waals surface area contributed by atoms with E-state index in [0.29, 0.717) is 24.3 Å². The van der Waals surface area contributed by atoms with Crippen LogP contribution in [0.2, 0.25) is 0 Å². The first kappa shape index (κ1) is 17.3. The fourth-order valence-electron chi connectivity index (χ4n) is 2.37. The summed E-state index contributed by atoms with van der Waals surface area (Å²) >= 11 is 0. The fourth-order valence-corrected chi connectivity index (χ4v) is 2.93. The lowest BCUT2D eigenvalue weighted by Crippen LogP contribution is -2.36. The molecule has 1 N–H and O–H groups in total. The number of oxazole rings is 1. The highest BCUT2D eigenvalue weighted by atomic mass is 32.2. The van der Waals surface area contributed by atoms with E-state index in [0.717, 1.165) is 0 Å². The van der Waals surface area contributed by atoms with Crippen LogP contribution in [0.4, 0.5) is 18.9 Å². The Morgan fingerprint density at radius 2 is 1.92 bits per heavy atom. The number of hydrogen-bond donors (Lipinski definition) is 1. The zero-order chi connectivity index (χ0) is 18.2. The van der Waals surface area contributed by atoms with Crippen molar-refractivity contribution in [3.63, 3.8) is 0 Å². The number of carbonyl (C=O) groups excluding carboxylic acids is 1. The van der Waals surface area contributed by atoms with Crippen molar-refractivity contribution in [3.8, 4) is 0 Å². The molecule has 134 valence electrons. The van der Waals surface area contributed by atoms with E-state index in [2.05, 4.69) is 4.98 Å². The Balaban J connectivity index is 1.69. The molecule has 1 aromatic heterocycles. The Kier molecular flexibility index (Phi) is 4.19. The van der Waals surface area contributed by atoms with E-state index in [1.165, 1.54) is 40.3 Å². The van der Waals surface area contributed by atoms with E-state index in [1.807, 2.05) is 0 Å². The van der Waals surface area contributed by atoms with Crippen molar-refractivity contribution in [2.45, 2.75) is 18.5 Å². The molecule has 1 aromatic carbocycles. The number of fused-ring (bicyclic) bond motifs is 1. The molecule has 0 saturated carbocycles. The van der Waals surface area contributed by atoms with Crippen LogP contribution in [-0.2, 0) is 23.0 Å². The third kappa shape index (κ3) is 3.45. The lowest BCUT2D eigenvalue weighted by Gasteiger charge is -2.25. The van der Waals surface area contributed by atoms with Crippen LogP contribution in [0.3, 0.4) is 0 Å². The van der Waals surface area contributed by atoms with Crippen molar-refractivity contribution in [2.75, 3.05) is 11.3 Å². The Bertz CT molecular complexity index is 891. The highest BCUT2D eigenvalue weighted by Crippen LogP contribution is 2.26. The van der Waals surface area contributed by atoms with Crippen molar-refractivity contribution in [2.24, 2.45) is 0 Å². The van der Waals surface area contributed by atoms with Gasteiger partial charge in [-0.15, -0.1) is 0 Å². The summed E-state index contributed by atoms with van der Waals surface area (Å²) in [4.78, 5) is 17.6. The van der Waals surface area contributed by atoms with Gasteiger partial charge in [0, 0.05) is 25.2 Å². The normalized spacial score (nSPS) is 15.2. The Morgan fingerprint density at radius 1 is 1.24 bits per heavy atom. The monoisotopic (exact) mass is 375 g/mol. The molecule has 1 aliphatic heterocycles. The minimum Gasteiger partial charge on any atom is -0.448 e. The smallest absolute Gasteiger partial charge is 0.448 e. The van der Waals surface area contributed by atoms with Crippen LogP contribution in [0.5, 0.6) is 0 Å². The molecule has 0 aliphatic carbocycles. The number of aromatic nitrogens is 1. The predicted molar refractivity (Wildman–Crippen MR) is 80.0 cm³/mol. The highest BCUT2D eigenvalue weighted by molar-refractivity contribution is 7.93. The first-order valence-corrected chi connectivity index (χ1v) is 8.55. The van der Waals surface area contributed by atoms with Gasteiger partial charge in [-0.25, -0.2) is 4.98 Å². The number of carbonyl (C=O) groups is 1. The van der Waals surface area contributed by atoms with E-state index in [1.54, 1.807) is 0 Å². The SMILES string of the molecule is O=C1c2ncoc2CCN1Cc1ccc(NS(=O)(=O)C(F)(F)F)cc1. The molecule has 3 rings (SSSR count). The van der Waals surface area contributed by atoms with Crippen LogP contribution in [-0.4, -0.2) is 36.3 Å². The van der Waals surface area contributed by atoms with Crippen LogP contribution >= 0.6 is 0 Å². The van der Waals surface area contributed by atoms with Crippen LogP contribution in [0, 0.1) is 0 Å². The predicted octanol–water partition coefficient (Wildman–Crippen LogP) is 2.13. The average Bonchev–Trinajstić information content (AvgIpc) is 3.00. The quantitative estimate of drug-likeness (QED) is 0.884. The molecule has 0 bridgehead atoms. The number of rotatable bonds is 4. The van der Waals surface area contributed by atoms with Crippen molar-refractivity contribution in [3.05, 3.63) is 47.7 Å². The molecular weight excluding hydrogens is 363 g/mol. The fraction of sp³-hybridized carbons (Fsp3) is 0.286. The number of nitrogens with zero attached hydrogens (tertiary/aromatic N) is 2. The van der Waals surface area contributed by atoms with Crippen LogP contribution in [0.25, 0.3) is 0 Å². The maximum Gasteiger partial charge on any atom is 0.516 e. The van der Waals surface area contributed by atoms with E-state index in [4.69, 9.17) is 4.42 Å². The lowest BCUT2D eigenvalue weighted by molar-refractivity contribution is -0.0429. The molecule has 25 heavy (non-hydrogen) atoms. The summed E-state index contributed by atoms with van der Waals surface area (Å²) in [5, 5.41) is 0. The summed E-state index contributed by atoms with van der Waals surface area (Å²) in [7, 11) is -5.46. The summed E-state index contributed by atoms with van der Waals surface area (Å²) in [6, 6.07) is 5.29. The number of nitrogens with one attached hydrogen (secondary N) is 1. The van der Waals surface area contributed by atoms with Gasteiger partial charge in [-0.3, -0.25) is 9.52 Å². The van der Waals surface area contributed by atoms with Gasteiger partial charge < -0.3 is 9.32 Å². The molecule has 0 radical (unpaired) electrons. The minimum absolute atomic E-state index is 0.218. The van der Waals surface area contributed by atoms with Gasteiger partial charge in [0.15, 0.2) is 12.1 Å². The number of halogens is 3. The van der Waals surface area contributed by atoms with E-state index >= 15 is 0 Å². The minimum atomic E-state index is -5.46.